The maximum absolute atomic E-state index is 11.8. The van der Waals surface area contributed by atoms with Gasteiger partial charge in [0, 0.05) is 26.2 Å². The number of nitrogens with two attached hydrogens (primary N) is 1. The van der Waals surface area contributed by atoms with E-state index in [0.29, 0.717) is 5.52 Å². The number of aromatic nitrogens is 2. The van der Waals surface area contributed by atoms with Crippen LogP contribution in [0.25, 0.3) is 11.0 Å². The molecule has 3 rings (SSSR count). The van der Waals surface area contributed by atoms with E-state index in [1.165, 1.54) is 4.57 Å². The lowest BCUT2D eigenvalue weighted by Crippen LogP contribution is -2.35. The molecule has 0 saturated carbocycles. The molecule has 1 aromatic carbocycles. The van der Waals surface area contributed by atoms with Gasteiger partial charge in [0.1, 0.15) is 11.9 Å². The Labute approximate surface area is 117 Å². The highest BCUT2D eigenvalue weighted by Crippen LogP contribution is 2.22. The molecule has 1 fully saturated rings. The van der Waals surface area contributed by atoms with E-state index in [-0.39, 0.29) is 11.8 Å². The predicted octanol–water partition coefficient (Wildman–Crippen LogP) is 0.527. The molecule has 2 heterocycles. The SMILES string of the molecule is CN1CCC(Oc2ccc3c(c2)n(C)c(=O)n3N)CC1. The summed E-state index contributed by atoms with van der Waals surface area (Å²) in [6.07, 6.45) is 2.32. The molecule has 1 aromatic heterocycles. The number of likely N-dealkylation sites (tertiary alicyclic amines) is 1. The number of hydrogen-bond acceptors (Lipinski definition) is 4. The van der Waals surface area contributed by atoms with E-state index in [4.69, 9.17) is 10.6 Å². The van der Waals surface area contributed by atoms with Gasteiger partial charge >= 0.3 is 5.69 Å². The van der Waals surface area contributed by atoms with E-state index in [1.807, 2.05) is 18.2 Å². The maximum atomic E-state index is 11.8. The third-order valence-corrected chi connectivity index (χ3v) is 4.03. The summed E-state index contributed by atoms with van der Waals surface area (Å²) in [5.41, 5.74) is 1.28. The number of hydrogen-bond donors (Lipinski definition) is 1. The minimum Gasteiger partial charge on any atom is -0.490 e. The van der Waals surface area contributed by atoms with Crippen LogP contribution in [-0.2, 0) is 7.05 Å². The number of benzene rings is 1. The molecule has 0 bridgehead atoms. The normalized spacial score (nSPS) is 17.7. The molecule has 2 aromatic rings. The third-order valence-electron chi connectivity index (χ3n) is 4.03. The van der Waals surface area contributed by atoms with Gasteiger partial charge in [0.15, 0.2) is 0 Å². The molecule has 0 unspecified atom stereocenters. The van der Waals surface area contributed by atoms with E-state index in [2.05, 4.69) is 11.9 Å². The fraction of sp³-hybridized carbons (Fsp3) is 0.500. The summed E-state index contributed by atoms with van der Waals surface area (Å²) in [5, 5.41) is 0. The number of piperidine rings is 1. The van der Waals surface area contributed by atoms with Crippen molar-refractivity contribution in [1.29, 1.82) is 0 Å². The van der Waals surface area contributed by atoms with E-state index in [9.17, 15) is 4.79 Å². The second kappa shape index (κ2) is 4.86. The summed E-state index contributed by atoms with van der Waals surface area (Å²) in [6.45, 7) is 2.12. The van der Waals surface area contributed by atoms with Gasteiger partial charge in [0.2, 0.25) is 0 Å². The molecule has 1 aliphatic rings. The topological polar surface area (TPSA) is 65.4 Å². The Morgan fingerprint density at radius 1 is 1.20 bits per heavy atom. The molecular formula is C14H20N4O2. The second-order valence-corrected chi connectivity index (χ2v) is 5.48. The average Bonchev–Trinajstić information content (AvgIpc) is 2.66. The summed E-state index contributed by atoms with van der Waals surface area (Å²) in [7, 11) is 3.84. The monoisotopic (exact) mass is 276 g/mol. The van der Waals surface area contributed by atoms with Crippen LogP contribution in [0.2, 0.25) is 0 Å². The largest absolute Gasteiger partial charge is 0.490 e. The zero-order chi connectivity index (χ0) is 14.3. The van der Waals surface area contributed by atoms with Crippen LogP contribution in [0.15, 0.2) is 23.0 Å². The van der Waals surface area contributed by atoms with Gasteiger partial charge in [-0.3, -0.25) is 4.57 Å². The summed E-state index contributed by atoms with van der Waals surface area (Å²) in [5.74, 6) is 6.52. The molecule has 0 radical (unpaired) electrons. The summed E-state index contributed by atoms with van der Waals surface area (Å²) >= 11 is 0. The number of fused-ring (bicyclic) bond motifs is 1. The Bertz CT molecular complexity index is 680. The second-order valence-electron chi connectivity index (χ2n) is 5.48. The van der Waals surface area contributed by atoms with Crippen molar-refractivity contribution < 1.29 is 4.74 Å². The van der Waals surface area contributed by atoms with Crippen molar-refractivity contribution in [2.75, 3.05) is 26.0 Å². The quantitative estimate of drug-likeness (QED) is 0.813. The molecule has 20 heavy (non-hydrogen) atoms. The molecule has 0 amide bonds. The van der Waals surface area contributed by atoms with Crippen LogP contribution in [-0.4, -0.2) is 40.4 Å². The van der Waals surface area contributed by atoms with E-state index < -0.39 is 0 Å². The van der Waals surface area contributed by atoms with Crippen LogP contribution in [0.5, 0.6) is 5.75 Å². The number of ether oxygens (including phenoxy) is 1. The predicted molar refractivity (Wildman–Crippen MR) is 78.5 cm³/mol. The molecule has 6 heteroatoms. The number of nitrogens with zero attached hydrogens (tertiary/aromatic N) is 3. The first-order chi connectivity index (χ1) is 9.56. The summed E-state index contributed by atoms with van der Waals surface area (Å²) in [6, 6.07) is 5.60. The summed E-state index contributed by atoms with van der Waals surface area (Å²) < 4.78 is 8.72. The lowest BCUT2D eigenvalue weighted by Gasteiger charge is -2.29. The number of imidazole rings is 1. The molecule has 0 spiro atoms. The van der Waals surface area contributed by atoms with Gasteiger partial charge in [-0.1, -0.05) is 0 Å². The van der Waals surface area contributed by atoms with Crippen LogP contribution >= 0.6 is 0 Å². The van der Waals surface area contributed by atoms with Gasteiger partial charge in [-0.2, -0.15) is 0 Å². The van der Waals surface area contributed by atoms with Crippen LogP contribution in [0, 0.1) is 0 Å². The molecule has 1 saturated heterocycles. The van der Waals surface area contributed by atoms with Crippen molar-refractivity contribution in [3.63, 3.8) is 0 Å². The molecule has 0 aliphatic carbocycles. The molecule has 1 aliphatic heterocycles. The Balaban J connectivity index is 1.86. The van der Waals surface area contributed by atoms with Crippen molar-refractivity contribution in [3.8, 4) is 5.75 Å². The zero-order valence-electron chi connectivity index (χ0n) is 11.9. The fourth-order valence-corrected chi connectivity index (χ4v) is 2.71. The Hall–Kier alpha value is -1.95. The van der Waals surface area contributed by atoms with Gasteiger partial charge in [0.25, 0.3) is 0 Å². The van der Waals surface area contributed by atoms with Crippen molar-refractivity contribution in [1.82, 2.24) is 14.1 Å². The lowest BCUT2D eigenvalue weighted by atomic mass is 10.1. The highest BCUT2D eigenvalue weighted by atomic mass is 16.5. The van der Waals surface area contributed by atoms with Gasteiger partial charge in [0.05, 0.1) is 11.0 Å². The first kappa shape index (κ1) is 13.1. The Morgan fingerprint density at radius 3 is 2.60 bits per heavy atom. The van der Waals surface area contributed by atoms with Crippen molar-refractivity contribution in [2.45, 2.75) is 18.9 Å². The first-order valence-corrected chi connectivity index (χ1v) is 6.88. The van der Waals surface area contributed by atoms with E-state index >= 15 is 0 Å². The minimum atomic E-state index is -0.226. The highest BCUT2D eigenvalue weighted by molar-refractivity contribution is 5.77. The lowest BCUT2D eigenvalue weighted by molar-refractivity contribution is 0.114. The van der Waals surface area contributed by atoms with E-state index in [1.54, 1.807) is 7.05 Å². The van der Waals surface area contributed by atoms with Gasteiger partial charge in [-0.25, -0.2) is 9.47 Å². The summed E-state index contributed by atoms with van der Waals surface area (Å²) in [4.78, 5) is 14.1. The van der Waals surface area contributed by atoms with Gasteiger partial charge in [-0.15, -0.1) is 0 Å². The number of nitrogen functional groups attached to an aromatic ring is 1. The average molecular weight is 276 g/mol. The van der Waals surface area contributed by atoms with Crippen LogP contribution < -0.4 is 16.3 Å². The maximum Gasteiger partial charge on any atom is 0.347 e. The highest BCUT2D eigenvalue weighted by Gasteiger charge is 2.18. The standard InChI is InChI=1S/C14H20N4O2/c1-16-7-5-10(6-8-16)20-11-3-4-12-13(9-11)17(2)14(19)18(12)15/h3-4,9-10H,5-8,15H2,1-2H3. The fourth-order valence-electron chi connectivity index (χ4n) is 2.71. The number of rotatable bonds is 2. The zero-order valence-corrected chi connectivity index (χ0v) is 11.9. The molecule has 108 valence electrons. The van der Waals surface area contributed by atoms with Crippen LogP contribution in [0.4, 0.5) is 0 Å². The molecule has 0 atom stereocenters. The minimum absolute atomic E-state index is 0.226. The third kappa shape index (κ3) is 2.16. The smallest absolute Gasteiger partial charge is 0.347 e. The van der Waals surface area contributed by atoms with Crippen molar-refractivity contribution >= 4 is 11.0 Å². The Kier molecular flexibility index (Phi) is 3.17. The van der Waals surface area contributed by atoms with E-state index in [0.717, 1.165) is 41.9 Å². The van der Waals surface area contributed by atoms with Gasteiger partial charge < -0.3 is 15.5 Å². The van der Waals surface area contributed by atoms with Gasteiger partial charge in [-0.05, 0) is 32.0 Å². The van der Waals surface area contributed by atoms with Crippen molar-refractivity contribution in [3.05, 3.63) is 28.7 Å². The first-order valence-electron chi connectivity index (χ1n) is 6.88. The molecule has 6 nitrogen and oxygen atoms in total. The Morgan fingerprint density at radius 2 is 1.90 bits per heavy atom. The van der Waals surface area contributed by atoms with Crippen molar-refractivity contribution in [2.24, 2.45) is 7.05 Å². The number of aryl methyl sites for hydroxylation is 1. The molecule has 2 N–H and O–H groups in total. The van der Waals surface area contributed by atoms with Crippen LogP contribution in [0.1, 0.15) is 12.8 Å². The van der Waals surface area contributed by atoms with Crippen LogP contribution in [0.3, 0.4) is 0 Å². The molecular weight excluding hydrogens is 256 g/mol.